The van der Waals surface area contributed by atoms with Crippen LogP contribution in [0.4, 0.5) is 5.13 Å². The predicted octanol–water partition coefficient (Wildman–Crippen LogP) is 3.30. The molecule has 0 radical (unpaired) electrons. The van der Waals surface area contributed by atoms with Crippen molar-refractivity contribution in [1.29, 1.82) is 0 Å². The maximum atomic E-state index is 4.16. The van der Waals surface area contributed by atoms with E-state index in [1.807, 2.05) is 20.0 Å². The molecule has 0 spiro atoms. The molecule has 3 heteroatoms. The topological polar surface area (TPSA) is 24.9 Å². The Kier molecular flexibility index (Phi) is 5.72. The molecule has 0 aliphatic heterocycles. The molecule has 0 aliphatic carbocycles. The van der Waals surface area contributed by atoms with Gasteiger partial charge in [0.1, 0.15) is 0 Å². The molecule has 12 heavy (non-hydrogen) atoms. The van der Waals surface area contributed by atoms with Crippen LogP contribution >= 0.6 is 11.3 Å². The van der Waals surface area contributed by atoms with Crippen molar-refractivity contribution in [2.45, 2.75) is 40.7 Å². The highest BCUT2D eigenvalue weighted by Crippen LogP contribution is 2.16. The molecule has 0 unspecified atom stereocenters. The third kappa shape index (κ3) is 4.34. The van der Waals surface area contributed by atoms with Crippen LogP contribution in [0.2, 0.25) is 0 Å². The first-order chi connectivity index (χ1) is 5.68. The van der Waals surface area contributed by atoms with E-state index in [1.165, 1.54) is 4.88 Å². The van der Waals surface area contributed by atoms with E-state index in [4.69, 9.17) is 0 Å². The van der Waals surface area contributed by atoms with E-state index in [9.17, 15) is 0 Å². The highest BCUT2D eigenvalue weighted by molar-refractivity contribution is 7.15. The molecule has 0 saturated heterocycles. The summed E-state index contributed by atoms with van der Waals surface area (Å²) in [5.74, 6) is 0. The van der Waals surface area contributed by atoms with Crippen LogP contribution in [0.1, 0.15) is 32.6 Å². The number of aryl methyl sites for hydroxylation is 1. The van der Waals surface area contributed by atoms with Crippen LogP contribution in [0.5, 0.6) is 0 Å². The van der Waals surface area contributed by atoms with E-state index in [1.54, 1.807) is 11.3 Å². The molecule has 0 saturated carbocycles. The van der Waals surface area contributed by atoms with E-state index in [0.29, 0.717) is 6.04 Å². The Bertz CT molecular complexity index is 206. The Balaban J connectivity index is 0.000000561. The molecular weight excluding hydrogens is 168 g/mol. The second-order valence-electron chi connectivity index (χ2n) is 2.58. The summed E-state index contributed by atoms with van der Waals surface area (Å²) in [6, 6.07) is 0.477. The van der Waals surface area contributed by atoms with Crippen molar-refractivity contribution in [3.8, 4) is 0 Å². The van der Waals surface area contributed by atoms with Crippen molar-refractivity contribution in [2.75, 3.05) is 5.32 Å². The molecule has 2 nitrogen and oxygen atoms in total. The fraction of sp³-hybridized carbons (Fsp3) is 0.667. The summed E-state index contributed by atoms with van der Waals surface area (Å²) in [6.07, 6.45) is 1.88. The summed E-state index contributed by atoms with van der Waals surface area (Å²) in [4.78, 5) is 5.42. The molecule has 70 valence electrons. The first-order valence-corrected chi connectivity index (χ1v) is 5.19. The molecule has 0 amide bonds. The predicted molar refractivity (Wildman–Crippen MR) is 57.0 cm³/mol. The first kappa shape index (κ1) is 11.4. The van der Waals surface area contributed by atoms with Gasteiger partial charge in [-0.15, -0.1) is 11.3 Å². The molecule has 0 fully saturated rings. The Morgan fingerprint density at radius 1 is 1.42 bits per heavy atom. The number of rotatable bonds is 2. The molecule has 1 N–H and O–H groups in total. The monoisotopic (exact) mass is 186 g/mol. The smallest absolute Gasteiger partial charge is 0.183 e. The third-order valence-electron chi connectivity index (χ3n) is 1.03. The van der Waals surface area contributed by atoms with E-state index in [0.717, 1.165) is 5.13 Å². The maximum Gasteiger partial charge on any atom is 0.183 e. The number of thiazole rings is 1. The Labute approximate surface area is 79.0 Å². The molecule has 0 atom stereocenters. The van der Waals surface area contributed by atoms with Crippen molar-refractivity contribution in [1.82, 2.24) is 4.98 Å². The summed E-state index contributed by atoms with van der Waals surface area (Å²) in [7, 11) is 0. The highest BCUT2D eigenvalue weighted by atomic mass is 32.1. The van der Waals surface area contributed by atoms with E-state index < -0.39 is 0 Å². The number of hydrogen-bond donors (Lipinski definition) is 1. The lowest BCUT2D eigenvalue weighted by Gasteiger charge is -2.03. The van der Waals surface area contributed by atoms with Crippen LogP contribution in [-0.2, 0) is 0 Å². The standard InChI is InChI=1S/C7H12N2S.C2H6/c1-5(2)9-7-8-4-6(3)10-7;1-2/h4-5H,1-3H3,(H,8,9);1-2H3. The van der Waals surface area contributed by atoms with Gasteiger partial charge in [0.25, 0.3) is 0 Å². The summed E-state index contributed by atoms with van der Waals surface area (Å²) >= 11 is 1.69. The minimum Gasteiger partial charge on any atom is -0.359 e. The van der Waals surface area contributed by atoms with Crippen LogP contribution in [0.15, 0.2) is 6.20 Å². The van der Waals surface area contributed by atoms with Gasteiger partial charge in [0, 0.05) is 17.1 Å². The number of nitrogens with zero attached hydrogens (tertiary/aromatic N) is 1. The van der Waals surface area contributed by atoms with Gasteiger partial charge in [-0.1, -0.05) is 13.8 Å². The number of anilines is 1. The lowest BCUT2D eigenvalue weighted by Crippen LogP contribution is -2.08. The van der Waals surface area contributed by atoms with Gasteiger partial charge >= 0.3 is 0 Å². The van der Waals surface area contributed by atoms with Gasteiger partial charge in [-0.3, -0.25) is 0 Å². The van der Waals surface area contributed by atoms with Crippen LogP contribution in [0.3, 0.4) is 0 Å². The van der Waals surface area contributed by atoms with Crippen molar-refractivity contribution < 1.29 is 0 Å². The second kappa shape index (κ2) is 6.00. The van der Waals surface area contributed by atoms with Gasteiger partial charge < -0.3 is 5.32 Å². The quantitative estimate of drug-likeness (QED) is 0.766. The Morgan fingerprint density at radius 3 is 2.33 bits per heavy atom. The molecule has 0 aliphatic rings. The zero-order valence-electron chi connectivity index (χ0n) is 8.51. The average Bonchev–Trinajstić information content (AvgIpc) is 2.39. The van der Waals surface area contributed by atoms with E-state index >= 15 is 0 Å². The third-order valence-corrected chi connectivity index (χ3v) is 1.88. The van der Waals surface area contributed by atoms with Crippen LogP contribution in [0.25, 0.3) is 0 Å². The maximum absolute atomic E-state index is 4.16. The minimum atomic E-state index is 0.477. The van der Waals surface area contributed by atoms with Gasteiger partial charge in [0.05, 0.1) is 0 Å². The fourth-order valence-electron chi connectivity index (χ4n) is 0.668. The summed E-state index contributed by atoms with van der Waals surface area (Å²) < 4.78 is 0. The Morgan fingerprint density at radius 2 is 2.00 bits per heavy atom. The minimum absolute atomic E-state index is 0.477. The van der Waals surface area contributed by atoms with Gasteiger partial charge in [-0.05, 0) is 20.8 Å². The highest BCUT2D eigenvalue weighted by Gasteiger charge is 1.97. The summed E-state index contributed by atoms with van der Waals surface area (Å²) in [6.45, 7) is 10.3. The molecular formula is C9H18N2S. The zero-order valence-corrected chi connectivity index (χ0v) is 9.33. The number of nitrogens with one attached hydrogen (secondary N) is 1. The van der Waals surface area contributed by atoms with E-state index in [-0.39, 0.29) is 0 Å². The van der Waals surface area contributed by atoms with Crippen molar-refractivity contribution in [3.05, 3.63) is 11.1 Å². The molecule has 1 rings (SSSR count). The zero-order chi connectivity index (χ0) is 9.56. The fourth-order valence-corrected chi connectivity index (χ4v) is 1.48. The SMILES string of the molecule is CC.Cc1cnc(NC(C)C)s1. The van der Waals surface area contributed by atoms with Gasteiger partial charge in [0.2, 0.25) is 0 Å². The van der Waals surface area contributed by atoms with Crippen LogP contribution < -0.4 is 5.32 Å². The average molecular weight is 186 g/mol. The largest absolute Gasteiger partial charge is 0.359 e. The lowest BCUT2D eigenvalue weighted by molar-refractivity contribution is 0.896. The normalized spacial score (nSPS) is 9.17. The van der Waals surface area contributed by atoms with Crippen LogP contribution in [0, 0.1) is 6.92 Å². The summed E-state index contributed by atoms with van der Waals surface area (Å²) in [5.41, 5.74) is 0. The molecule has 0 bridgehead atoms. The second-order valence-corrected chi connectivity index (χ2v) is 3.81. The molecule has 1 aromatic heterocycles. The number of hydrogen-bond acceptors (Lipinski definition) is 3. The lowest BCUT2D eigenvalue weighted by atomic mass is 10.4. The summed E-state index contributed by atoms with van der Waals surface area (Å²) in [5, 5.41) is 4.25. The van der Waals surface area contributed by atoms with Crippen LogP contribution in [-0.4, -0.2) is 11.0 Å². The first-order valence-electron chi connectivity index (χ1n) is 4.37. The van der Waals surface area contributed by atoms with Crippen molar-refractivity contribution in [2.24, 2.45) is 0 Å². The van der Waals surface area contributed by atoms with Crippen molar-refractivity contribution in [3.63, 3.8) is 0 Å². The molecule has 0 aromatic carbocycles. The van der Waals surface area contributed by atoms with Gasteiger partial charge in [-0.25, -0.2) is 4.98 Å². The molecule has 1 aromatic rings. The van der Waals surface area contributed by atoms with Gasteiger partial charge in [0.15, 0.2) is 5.13 Å². The van der Waals surface area contributed by atoms with E-state index in [2.05, 4.69) is 31.1 Å². The number of aromatic nitrogens is 1. The Hall–Kier alpha value is -0.570. The van der Waals surface area contributed by atoms with Crippen molar-refractivity contribution >= 4 is 16.5 Å². The van der Waals surface area contributed by atoms with Gasteiger partial charge in [-0.2, -0.15) is 0 Å². The molecule has 1 heterocycles.